The molecule has 0 spiro atoms. The molecule has 0 bridgehead atoms. The SMILES string of the molecule is O=C(NC1CC1)C1CCCN1Cc1cc(=O)n2cc(Cl)ccc2n1. The summed E-state index contributed by atoms with van der Waals surface area (Å²) >= 11 is 5.93. The van der Waals surface area contributed by atoms with Gasteiger partial charge in [0.15, 0.2) is 0 Å². The molecular formula is C17H19ClN4O2. The molecule has 0 radical (unpaired) electrons. The number of likely N-dealkylation sites (tertiary alicyclic amines) is 1. The number of nitrogens with one attached hydrogen (secondary N) is 1. The van der Waals surface area contributed by atoms with Crippen molar-refractivity contribution in [2.24, 2.45) is 0 Å². The molecule has 1 aliphatic heterocycles. The van der Waals surface area contributed by atoms with E-state index >= 15 is 0 Å². The molecule has 1 unspecified atom stereocenters. The quantitative estimate of drug-likeness (QED) is 0.913. The smallest absolute Gasteiger partial charge is 0.258 e. The maximum Gasteiger partial charge on any atom is 0.258 e. The van der Waals surface area contributed by atoms with E-state index in [-0.39, 0.29) is 17.5 Å². The van der Waals surface area contributed by atoms with Gasteiger partial charge in [-0.2, -0.15) is 0 Å². The van der Waals surface area contributed by atoms with E-state index in [0.29, 0.717) is 29.0 Å². The fourth-order valence-electron chi connectivity index (χ4n) is 3.25. The highest BCUT2D eigenvalue weighted by molar-refractivity contribution is 6.30. The minimum Gasteiger partial charge on any atom is -0.352 e. The van der Waals surface area contributed by atoms with Gasteiger partial charge in [-0.1, -0.05) is 11.6 Å². The number of nitrogens with zero attached hydrogens (tertiary/aromatic N) is 3. The van der Waals surface area contributed by atoms with Gasteiger partial charge in [0.25, 0.3) is 5.56 Å². The van der Waals surface area contributed by atoms with Gasteiger partial charge in [0.05, 0.1) is 16.8 Å². The molecular weight excluding hydrogens is 328 g/mol. The number of fused-ring (bicyclic) bond motifs is 1. The van der Waals surface area contributed by atoms with Crippen LogP contribution in [-0.2, 0) is 11.3 Å². The third-order valence-corrected chi connectivity index (χ3v) is 4.86. The number of rotatable bonds is 4. The van der Waals surface area contributed by atoms with Crippen LogP contribution in [0.2, 0.25) is 5.02 Å². The molecule has 2 aromatic rings. The van der Waals surface area contributed by atoms with Crippen LogP contribution in [0, 0.1) is 0 Å². The lowest BCUT2D eigenvalue weighted by Crippen LogP contribution is -2.43. The predicted octanol–water partition coefficient (Wildman–Crippen LogP) is 1.59. The summed E-state index contributed by atoms with van der Waals surface area (Å²) < 4.78 is 1.44. The lowest BCUT2D eigenvalue weighted by Gasteiger charge is -2.23. The first-order valence-corrected chi connectivity index (χ1v) is 8.70. The van der Waals surface area contributed by atoms with Crippen molar-refractivity contribution in [3.05, 3.63) is 45.5 Å². The maximum absolute atomic E-state index is 12.4. The number of hydrogen-bond donors (Lipinski definition) is 1. The van der Waals surface area contributed by atoms with Gasteiger partial charge in [-0.25, -0.2) is 4.98 Å². The molecule has 1 atom stereocenters. The van der Waals surface area contributed by atoms with E-state index in [1.54, 1.807) is 18.3 Å². The van der Waals surface area contributed by atoms with Gasteiger partial charge in [-0.05, 0) is 44.4 Å². The zero-order valence-corrected chi connectivity index (χ0v) is 14.0. The Morgan fingerprint density at radius 1 is 1.33 bits per heavy atom. The highest BCUT2D eigenvalue weighted by Crippen LogP contribution is 2.23. The van der Waals surface area contributed by atoms with Crippen molar-refractivity contribution >= 4 is 23.2 Å². The van der Waals surface area contributed by atoms with Crippen molar-refractivity contribution in [1.29, 1.82) is 0 Å². The average molecular weight is 347 g/mol. The van der Waals surface area contributed by atoms with Crippen molar-refractivity contribution in [3.63, 3.8) is 0 Å². The van der Waals surface area contributed by atoms with Crippen LogP contribution in [-0.4, -0.2) is 38.8 Å². The van der Waals surface area contributed by atoms with Crippen molar-refractivity contribution in [3.8, 4) is 0 Å². The Hall–Kier alpha value is -1.92. The number of hydrogen-bond acceptors (Lipinski definition) is 4. The Kier molecular flexibility index (Phi) is 4.02. The lowest BCUT2D eigenvalue weighted by atomic mass is 10.2. The van der Waals surface area contributed by atoms with E-state index in [1.807, 2.05) is 0 Å². The van der Waals surface area contributed by atoms with Gasteiger partial charge in [-0.3, -0.25) is 18.9 Å². The van der Waals surface area contributed by atoms with Crippen molar-refractivity contribution in [1.82, 2.24) is 19.6 Å². The van der Waals surface area contributed by atoms with Crippen molar-refractivity contribution < 1.29 is 4.79 Å². The highest BCUT2D eigenvalue weighted by atomic mass is 35.5. The molecule has 3 heterocycles. The summed E-state index contributed by atoms with van der Waals surface area (Å²) in [7, 11) is 0. The monoisotopic (exact) mass is 346 g/mol. The number of amides is 1. The molecule has 4 rings (SSSR count). The standard InChI is InChI=1S/C17H19ClN4O2/c18-11-3-6-15-19-13(8-16(23)22(15)9-11)10-21-7-1-2-14(21)17(24)20-12-4-5-12/h3,6,8-9,12,14H,1-2,4-5,7,10H2,(H,20,24). The summed E-state index contributed by atoms with van der Waals surface area (Å²) in [6.45, 7) is 1.36. The molecule has 1 aliphatic carbocycles. The average Bonchev–Trinajstić information content (AvgIpc) is 3.24. The van der Waals surface area contributed by atoms with Crippen molar-refractivity contribution in [2.45, 2.75) is 44.3 Å². The molecule has 6 nitrogen and oxygen atoms in total. The highest BCUT2D eigenvalue weighted by Gasteiger charge is 2.34. The molecule has 24 heavy (non-hydrogen) atoms. The molecule has 2 aromatic heterocycles. The Morgan fingerprint density at radius 3 is 2.96 bits per heavy atom. The molecule has 1 saturated carbocycles. The number of pyridine rings is 1. The zero-order chi connectivity index (χ0) is 16.7. The van der Waals surface area contributed by atoms with Crippen LogP contribution in [0.3, 0.4) is 0 Å². The second kappa shape index (κ2) is 6.18. The molecule has 0 aromatic carbocycles. The Labute approximate surface area is 144 Å². The Balaban J connectivity index is 1.55. The molecule has 1 saturated heterocycles. The van der Waals surface area contributed by atoms with E-state index in [0.717, 1.165) is 32.2 Å². The fourth-order valence-corrected chi connectivity index (χ4v) is 3.41. The lowest BCUT2D eigenvalue weighted by molar-refractivity contribution is -0.125. The van der Waals surface area contributed by atoms with Crippen LogP contribution >= 0.6 is 11.6 Å². The zero-order valence-electron chi connectivity index (χ0n) is 13.2. The summed E-state index contributed by atoms with van der Waals surface area (Å²) in [6, 6.07) is 5.23. The summed E-state index contributed by atoms with van der Waals surface area (Å²) in [5.74, 6) is 0.110. The summed E-state index contributed by atoms with van der Waals surface area (Å²) in [5, 5.41) is 3.57. The summed E-state index contributed by atoms with van der Waals surface area (Å²) in [5.41, 5.74) is 1.10. The van der Waals surface area contributed by atoms with Crippen LogP contribution < -0.4 is 10.9 Å². The van der Waals surface area contributed by atoms with Gasteiger partial charge in [0, 0.05) is 24.8 Å². The van der Waals surface area contributed by atoms with Crippen LogP contribution in [0.5, 0.6) is 0 Å². The van der Waals surface area contributed by atoms with Gasteiger partial charge in [0.2, 0.25) is 5.91 Å². The third kappa shape index (κ3) is 3.16. The Morgan fingerprint density at radius 2 is 2.17 bits per heavy atom. The predicted molar refractivity (Wildman–Crippen MR) is 91.1 cm³/mol. The van der Waals surface area contributed by atoms with E-state index in [4.69, 9.17) is 11.6 Å². The van der Waals surface area contributed by atoms with Crippen LogP contribution in [0.4, 0.5) is 0 Å². The van der Waals surface area contributed by atoms with E-state index < -0.39 is 0 Å². The molecule has 1 N–H and O–H groups in total. The van der Waals surface area contributed by atoms with Gasteiger partial charge in [0.1, 0.15) is 5.65 Å². The number of halogens is 1. The first-order valence-electron chi connectivity index (χ1n) is 8.32. The maximum atomic E-state index is 12.4. The second-order valence-corrected chi connectivity index (χ2v) is 7.01. The molecule has 126 valence electrons. The number of aromatic nitrogens is 2. The fraction of sp³-hybridized carbons (Fsp3) is 0.471. The van der Waals surface area contributed by atoms with E-state index in [1.165, 1.54) is 10.5 Å². The minimum atomic E-state index is -0.157. The topological polar surface area (TPSA) is 66.7 Å². The van der Waals surface area contributed by atoms with Gasteiger partial charge >= 0.3 is 0 Å². The summed E-state index contributed by atoms with van der Waals surface area (Å²) in [6.07, 6.45) is 5.59. The molecule has 2 aliphatic rings. The van der Waals surface area contributed by atoms with Crippen molar-refractivity contribution in [2.75, 3.05) is 6.54 Å². The molecule has 7 heteroatoms. The molecule has 2 fully saturated rings. The number of carbonyl (C=O) groups excluding carboxylic acids is 1. The minimum absolute atomic E-state index is 0.110. The summed E-state index contributed by atoms with van der Waals surface area (Å²) in [4.78, 5) is 31.3. The van der Waals surface area contributed by atoms with E-state index in [9.17, 15) is 9.59 Å². The third-order valence-electron chi connectivity index (χ3n) is 4.63. The van der Waals surface area contributed by atoms with Crippen LogP contribution in [0.25, 0.3) is 5.65 Å². The largest absolute Gasteiger partial charge is 0.352 e. The Bertz CT molecular complexity index is 846. The van der Waals surface area contributed by atoms with Gasteiger partial charge < -0.3 is 5.32 Å². The second-order valence-electron chi connectivity index (χ2n) is 6.57. The van der Waals surface area contributed by atoms with Crippen LogP contribution in [0.1, 0.15) is 31.4 Å². The van der Waals surface area contributed by atoms with Gasteiger partial charge in [-0.15, -0.1) is 0 Å². The van der Waals surface area contributed by atoms with E-state index in [2.05, 4.69) is 15.2 Å². The first kappa shape index (κ1) is 15.6. The normalized spacial score (nSPS) is 21.3. The first-order chi connectivity index (χ1) is 11.6. The number of carbonyl (C=O) groups is 1. The van der Waals surface area contributed by atoms with Crippen LogP contribution in [0.15, 0.2) is 29.2 Å². The molecule has 1 amide bonds.